The third-order valence-corrected chi connectivity index (χ3v) is 11.8. The van der Waals surface area contributed by atoms with Crippen LogP contribution in [0.5, 0.6) is 11.5 Å². The van der Waals surface area contributed by atoms with E-state index < -0.39 is 35.0 Å². The minimum Gasteiger partial charge on any atom is -0.504 e. The number of carbonyl (C=O) groups is 4. The fourth-order valence-electron chi connectivity index (χ4n) is 8.90. The summed E-state index contributed by atoms with van der Waals surface area (Å²) in [5, 5.41) is 18.9. The second-order valence-corrected chi connectivity index (χ2v) is 15.0. The molecule has 4 amide bonds. The van der Waals surface area contributed by atoms with Crippen molar-refractivity contribution in [3.05, 3.63) is 120 Å². The molecule has 55 heavy (non-hydrogen) atoms. The number of fused-ring (bicyclic) bond motifs is 4. The summed E-state index contributed by atoms with van der Waals surface area (Å²) in [5.74, 6) is -3.92. The number of nitrogens with zero attached hydrogens (tertiary/aromatic N) is 5. The van der Waals surface area contributed by atoms with Crippen molar-refractivity contribution >= 4 is 58.1 Å². The van der Waals surface area contributed by atoms with Crippen molar-refractivity contribution in [2.75, 3.05) is 35.9 Å². The average molecular weight is 736 g/mol. The monoisotopic (exact) mass is 735 g/mol. The van der Waals surface area contributed by atoms with Crippen LogP contribution in [0, 0.1) is 35.0 Å². The van der Waals surface area contributed by atoms with Gasteiger partial charge in [-0.05, 0) is 104 Å². The molecule has 6 atom stereocenters. The highest BCUT2D eigenvalue weighted by Crippen LogP contribution is 2.61. The molecule has 2 heterocycles. The Hall–Kier alpha value is -6.36. The number of carbonyl (C=O) groups excluding carboxylic acids is 4. The summed E-state index contributed by atoms with van der Waals surface area (Å²) in [6, 6.07) is 28.4. The Morgan fingerprint density at radius 1 is 0.800 bits per heavy atom. The molecule has 11 nitrogen and oxygen atoms in total. The molecule has 0 bridgehead atoms. The van der Waals surface area contributed by atoms with Crippen molar-refractivity contribution in [3.63, 3.8) is 0 Å². The fourth-order valence-corrected chi connectivity index (χ4v) is 8.90. The van der Waals surface area contributed by atoms with E-state index in [2.05, 4.69) is 10.2 Å². The van der Waals surface area contributed by atoms with E-state index in [0.717, 1.165) is 16.8 Å². The Kier molecular flexibility index (Phi) is 8.95. The molecule has 2 aliphatic carbocycles. The number of para-hydroxylation sites is 1. The minimum atomic E-state index is -1.15. The Bertz CT molecular complexity index is 2280. The van der Waals surface area contributed by atoms with Crippen molar-refractivity contribution < 1.29 is 29.0 Å². The van der Waals surface area contributed by atoms with Crippen LogP contribution in [0.4, 0.5) is 28.4 Å². The van der Waals surface area contributed by atoms with Crippen molar-refractivity contribution in [3.8, 4) is 11.5 Å². The van der Waals surface area contributed by atoms with E-state index in [4.69, 9.17) is 4.74 Å². The molecule has 3 fully saturated rings. The first kappa shape index (κ1) is 35.7. The zero-order chi connectivity index (χ0) is 38.6. The number of benzene rings is 4. The number of aromatic hydroxyl groups is 1. The first-order chi connectivity index (χ1) is 26.5. The molecule has 1 N–H and O–H groups in total. The normalized spacial score (nSPS) is 26.0. The van der Waals surface area contributed by atoms with E-state index in [0.29, 0.717) is 34.9 Å². The highest BCUT2D eigenvalue weighted by Gasteiger charge is 2.67. The van der Waals surface area contributed by atoms with Crippen molar-refractivity contribution in [2.45, 2.75) is 19.8 Å². The second kappa shape index (κ2) is 13.8. The molecule has 8 rings (SSSR count). The summed E-state index contributed by atoms with van der Waals surface area (Å²) in [5.41, 5.74) is 3.72. The lowest BCUT2D eigenvalue weighted by molar-refractivity contribution is -0.132. The number of phenolic OH excluding ortho intramolecular Hbond substituents is 1. The smallest absolute Gasteiger partial charge is 0.241 e. The topological polar surface area (TPSA) is 132 Å². The lowest BCUT2D eigenvalue weighted by Crippen LogP contribution is -2.49. The number of amides is 4. The molecule has 0 spiro atoms. The van der Waals surface area contributed by atoms with E-state index in [-0.39, 0.29) is 35.8 Å². The molecule has 0 aromatic heterocycles. The van der Waals surface area contributed by atoms with Crippen LogP contribution in [0.2, 0.25) is 0 Å². The Morgan fingerprint density at radius 2 is 1.45 bits per heavy atom. The fraction of sp³-hybridized carbons (Fsp3) is 0.273. The number of anilines is 3. The van der Waals surface area contributed by atoms with Crippen LogP contribution in [0.15, 0.2) is 125 Å². The zero-order valence-electron chi connectivity index (χ0n) is 31.0. The third-order valence-electron chi connectivity index (χ3n) is 11.8. The lowest BCUT2D eigenvalue weighted by atomic mass is 9.52. The summed E-state index contributed by atoms with van der Waals surface area (Å²) in [7, 11) is 5.41. The van der Waals surface area contributed by atoms with Gasteiger partial charge in [-0.2, -0.15) is 10.2 Å². The molecule has 4 aromatic carbocycles. The number of azo groups is 1. The van der Waals surface area contributed by atoms with Crippen LogP contribution >= 0.6 is 0 Å². The van der Waals surface area contributed by atoms with Gasteiger partial charge in [-0.25, -0.2) is 4.90 Å². The summed E-state index contributed by atoms with van der Waals surface area (Å²) in [6.07, 6.45) is 6.40. The quantitative estimate of drug-likeness (QED) is 0.111. The van der Waals surface area contributed by atoms with Gasteiger partial charge in [0, 0.05) is 25.7 Å². The molecule has 4 aromatic rings. The van der Waals surface area contributed by atoms with Gasteiger partial charge in [-0.15, -0.1) is 0 Å². The van der Waals surface area contributed by atoms with E-state index >= 15 is 0 Å². The van der Waals surface area contributed by atoms with Crippen molar-refractivity contribution in [2.24, 2.45) is 45.2 Å². The number of allylic oxidation sites excluding steroid dienone is 3. The summed E-state index contributed by atoms with van der Waals surface area (Å²) in [6.45, 7) is 1.85. The lowest BCUT2D eigenvalue weighted by Gasteiger charge is -2.47. The predicted molar refractivity (Wildman–Crippen MR) is 209 cm³/mol. The number of methoxy groups -OCH3 is 1. The number of imide groups is 2. The van der Waals surface area contributed by atoms with E-state index in [1.165, 1.54) is 23.0 Å². The Morgan fingerprint density at radius 3 is 2.11 bits per heavy atom. The number of phenols is 1. The van der Waals surface area contributed by atoms with E-state index in [1.807, 2.05) is 74.5 Å². The van der Waals surface area contributed by atoms with Crippen LogP contribution in [0.25, 0.3) is 6.08 Å². The van der Waals surface area contributed by atoms with Gasteiger partial charge in [0.2, 0.25) is 23.6 Å². The molecule has 0 radical (unpaired) electrons. The molecule has 0 unspecified atom stereocenters. The van der Waals surface area contributed by atoms with Gasteiger partial charge in [0.15, 0.2) is 11.5 Å². The maximum Gasteiger partial charge on any atom is 0.241 e. The maximum absolute atomic E-state index is 14.5. The summed E-state index contributed by atoms with van der Waals surface area (Å²) < 4.78 is 5.32. The SMILES string of the molecule is COc1cc(C=C[C@H]2C3=CC[C@@H]4C(=O)N(c5ccc(N=Nc6ccc(N(C)C)cc6)cc5)C(=O)[C@@H]4[C@@H]3C[C@H]3C(=O)N(c4ccccc4)C(=O)[C@@]23C)ccc1O. The zero-order valence-corrected chi connectivity index (χ0v) is 31.0. The van der Waals surface area contributed by atoms with Gasteiger partial charge in [0.1, 0.15) is 0 Å². The molecule has 2 saturated heterocycles. The highest BCUT2D eigenvalue weighted by molar-refractivity contribution is 6.25. The molecular formula is C44H41N5O6. The highest BCUT2D eigenvalue weighted by atomic mass is 16.5. The Balaban J connectivity index is 1.11. The van der Waals surface area contributed by atoms with Gasteiger partial charge in [-0.1, -0.05) is 48.1 Å². The Labute approximate surface area is 319 Å². The van der Waals surface area contributed by atoms with Crippen LogP contribution < -0.4 is 19.4 Å². The largest absolute Gasteiger partial charge is 0.504 e. The third kappa shape index (κ3) is 5.90. The van der Waals surface area contributed by atoms with Crippen LogP contribution in [0.3, 0.4) is 0 Å². The van der Waals surface area contributed by atoms with E-state index in [9.17, 15) is 24.3 Å². The first-order valence-corrected chi connectivity index (χ1v) is 18.4. The number of hydrogen-bond donors (Lipinski definition) is 1. The molecule has 1 saturated carbocycles. The average Bonchev–Trinajstić information content (AvgIpc) is 3.57. The van der Waals surface area contributed by atoms with Crippen LogP contribution in [-0.2, 0) is 19.2 Å². The number of rotatable bonds is 8. The molecule has 2 aliphatic heterocycles. The van der Waals surface area contributed by atoms with Gasteiger partial charge in [0.05, 0.1) is 53.0 Å². The molecule has 278 valence electrons. The standard InChI is InChI=1S/C44H41N5O6/c1-44-35(22-10-26-11-23-37(50)38(24-26)55-4)32-20-21-33-39(34(32)25-36(44)41(52)49(43(44)54)30-8-6-5-7-9-30)42(53)48(40(33)51)31-18-14-28(15-19-31)46-45-27-12-16-29(17-13-27)47(2)3/h5-20,22-24,33-36,39,50H,21,25H2,1-4H3/t33-,34+,35-,36-,39-,44-/m0/s1. The first-order valence-electron chi connectivity index (χ1n) is 18.4. The van der Waals surface area contributed by atoms with Gasteiger partial charge in [-0.3, -0.25) is 24.1 Å². The van der Waals surface area contributed by atoms with E-state index in [1.54, 1.807) is 60.7 Å². The van der Waals surface area contributed by atoms with Gasteiger partial charge in [0.25, 0.3) is 0 Å². The molecule has 11 heteroatoms. The van der Waals surface area contributed by atoms with Crippen molar-refractivity contribution in [1.82, 2.24) is 0 Å². The van der Waals surface area contributed by atoms with Gasteiger partial charge >= 0.3 is 0 Å². The van der Waals surface area contributed by atoms with Crippen molar-refractivity contribution in [1.29, 1.82) is 0 Å². The van der Waals surface area contributed by atoms with Crippen LogP contribution in [0.1, 0.15) is 25.3 Å². The predicted octanol–water partition coefficient (Wildman–Crippen LogP) is 7.86. The molecular weight excluding hydrogens is 695 g/mol. The second-order valence-electron chi connectivity index (χ2n) is 15.0. The van der Waals surface area contributed by atoms with Crippen LogP contribution in [-0.4, -0.2) is 49.9 Å². The van der Waals surface area contributed by atoms with Gasteiger partial charge < -0.3 is 14.7 Å². The summed E-state index contributed by atoms with van der Waals surface area (Å²) in [4.78, 5) is 62.0. The number of ether oxygens (including phenoxy) is 1. The number of hydrogen-bond acceptors (Lipinski definition) is 9. The maximum atomic E-state index is 14.5. The minimum absolute atomic E-state index is 0.000457. The molecule has 4 aliphatic rings. The summed E-state index contributed by atoms with van der Waals surface area (Å²) >= 11 is 0.